The number of unbranched alkanes of at least 4 members (excludes halogenated alkanes) is 3. The van der Waals surface area contributed by atoms with E-state index >= 15 is 0 Å². The van der Waals surface area contributed by atoms with Crippen molar-refractivity contribution >= 4 is 7.92 Å². The lowest BCUT2D eigenvalue weighted by molar-refractivity contribution is 0.348. The monoisotopic (exact) mass is 228 g/mol. The van der Waals surface area contributed by atoms with Gasteiger partial charge in [-0.25, -0.2) is 4.39 Å². The smallest absolute Gasteiger partial charge is 0.150 e. The molecule has 0 aromatic rings. The number of allylic oxidation sites excluding steroid dienone is 4. The summed E-state index contributed by atoms with van der Waals surface area (Å²) in [5, 5.41) is -1.02. The van der Waals surface area contributed by atoms with Crippen molar-refractivity contribution in [3.05, 3.63) is 24.3 Å². The molecule has 2 unspecified atom stereocenters. The summed E-state index contributed by atoms with van der Waals surface area (Å²) < 4.78 is 14.4. The predicted molar refractivity (Wildman–Crippen MR) is 68.6 cm³/mol. The maximum absolute atomic E-state index is 14.4. The van der Waals surface area contributed by atoms with Gasteiger partial charge in [0.25, 0.3) is 0 Å². The van der Waals surface area contributed by atoms with Gasteiger partial charge in [-0.15, -0.1) is 0 Å². The van der Waals surface area contributed by atoms with Crippen molar-refractivity contribution in [3.8, 4) is 0 Å². The Bertz CT molecular complexity index is 235. The van der Waals surface area contributed by atoms with Crippen LogP contribution in [0, 0.1) is 0 Å². The molecule has 0 amide bonds. The molecule has 0 heterocycles. The molecule has 1 aliphatic carbocycles. The molecule has 0 bridgehead atoms. The first kappa shape index (κ1) is 12.9. The predicted octanol–water partition coefficient (Wildman–Crippen LogP) is 4.86. The summed E-state index contributed by atoms with van der Waals surface area (Å²) in [7, 11) is -0.502. The van der Waals surface area contributed by atoms with Crippen LogP contribution >= 0.6 is 7.92 Å². The zero-order chi connectivity index (χ0) is 11.1. The maximum Gasteiger partial charge on any atom is 0.150 e. The molecule has 0 nitrogen and oxygen atoms in total. The van der Waals surface area contributed by atoms with Gasteiger partial charge in [-0.05, 0) is 25.3 Å². The van der Waals surface area contributed by atoms with E-state index in [1.165, 1.54) is 25.7 Å². The molecule has 0 aromatic heterocycles. The van der Waals surface area contributed by atoms with Gasteiger partial charge in [-0.3, -0.25) is 0 Å². The standard InChI is InChI=1S/C13H22FP/c1-3-4-5-9-12-15(2)13(14)10-7-6-8-11-13/h6-8,10H,3-5,9,11-12H2,1-2H3. The molecule has 0 saturated carbocycles. The van der Waals surface area contributed by atoms with Crippen molar-refractivity contribution in [2.24, 2.45) is 0 Å². The van der Waals surface area contributed by atoms with E-state index in [-0.39, 0.29) is 0 Å². The molecule has 0 saturated heterocycles. The average Bonchev–Trinajstić information content (AvgIpc) is 2.25. The Balaban J connectivity index is 2.29. The van der Waals surface area contributed by atoms with Crippen molar-refractivity contribution in [1.82, 2.24) is 0 Å². The van der Waals surface area contributed by atoms with Crippen LogP contribution in [0.15, 0.2) is 24.3 Å². The third-order valence-corrected chi connectivity index (χ3v) is 5.57. The first-order chi connectivity index (χ1) is 7.19. The van der Waals surface area contributed by atoms with Gasteiger partial charge >= 0.3 is 0 Å². The van der Waals surface area contributed by atoms with Crippen molar-refractivity contribution in [2.45, 2.75) is 44.4 Å². The summed E-state index contributed by atoms with van der Waals surface area (Å²) in [6.07, 6.45) is 14.2. The lowest BCUT2D eigenvalue weighted by atomic mass is 10.1. The van der Waals surface area contributed by atoms with E-state index in [1.54, 1.807) is 6.08 Å². The minimum atomic E-state index is -1.02. The van der Waals surface area contributed by atoms with E-state index in [9.17, 15) is 4.39 Å². The van der Waals surface area contributed by atoms with Gasteiger partial charge in [0, 0.05) is 6.42 Å². The maximum atomic E-state index is 14.4. The Labute approximate surface area is 94.4 Å². The van der Waals surface area contributed by atoms with Crippen LogP contribution in [-0.2, 0) is 0 Å². The van der Waals surface area contributed by atoms with E-state index in [1.807, 2.05) is 18.2 Å². The number of rotatable bonds is 6. The van der Waals surface area contributed by atoms with Crippen molar-refractivity contribution in [1.29, 1.82) is 0 Å². The van der Waals surface area contributed by atoms with Crippen molar-refractivity contribution in [3.63, 3.8) is 0 Å². The van der Waals surface area contributed by atoms with Crippen LogP contribution in [0.25, 0.3) is 0 Å². The first-order valence-electron chi connectivity index (χ1n) is 5.93. The molecular weight excluding hydrogens is 206 g/mol. The minimum absolute atomic E-state index is 0.502. The van der Waals surface area contributed by atoms with Crippen LogP contribution in [-0.4, -0.2) is 18.2 Å². The minimum Gasteiger partial charge on any atom is -0.234 e. The Morgan fingerprint density at radius 3 is 2.67 bits per heavy atom. The van der Waals surface area contributed by atoms with Gasteiger partial charge in [0.2, 0.25) is 0 Å². The highest BCUT2D eigenvalue weighted by molar-refractivity contribution is 7.58. The summed E-state index contributed by atoms with van der Waals surface area (Å²) in [6, 6.07) is 0. The van der Waals surface area contributed by atoms with Gasteiger partial charge in [-0.1, -0.05) is 52.3 Å². The fourth-order valence-corrected chi connectivity index (χ4v) is 3.65. The van der Waals surface area contributed by atoms with E-state index < -0.39 is 13.3 Å². The molecular formula is C13H22FP. The highest BCUT2D eigenvalue weighted by atomic mass is 31.1. The molecule has 1 aliphatic rings. The van der Waals surface area contributed by atoms with Crippen LogP contribution in [0.1, 0.15) is 39.0 Å². The zero-order valence-electron chi connectivity index (χ0n) is 9.88. The SMILES string of the molecule is CCCCCCP(C)C1(F)C=CC=CC1. The molecule has 0 N–H and O–H groups in total. The third-order valence-electron chi connectivity index (χ3n) is 2.98. The van der Waals surface area contributed by atoms with Gasteiger partial charge in [0.15, 0.2) is 5.41 Å². The quantitative estimate of drug-likeness (QED) is 0.450. The Hall–Kier alpha value is -0.160. The lowest BCUT2D eigenvalue weighted by Gasteiger charge is -2.29. The van der Waals surface area contributed by atoms with Crippen LogP contribution < -0.4 is 0 Å². The molecule has 0 aromatic carbocycles. The average molecular weight is 228 g/mol. The molecule has 1 rings (SSSR count). The number of alkyl halides is 1. The zero-order valence-corrected chi connectivity index (χ0v) is 10.8. The van der Waals surface area contributed by atoms with E-state index in [2.05, 4.69) is 13.6 Å². The molecule has 0 spiro atoms. The number of halogens is 1. The highest BCUT2D eigenvalue weighted by Gasteiger charge is 2.32. The van der Waals surface area contributed by atoms with Gasteiger partial charge in [0.1, 0.15) is 0 Å². The van der Waals surface area contributed by atoms with Crippen LogP contribution in [0.2, 0.25) is 0 Å². The largest absolute Gasteiger partial charge is 0.234 e. The van der Waals surface area contributed by atoms with Crippen molar-refractivity contribution in [2.75, 3.05) is 12.8 Å². The molecule has 86 valence electrons. The van der Waals surface area contributed by atoms with Crippen LogP contribution in [0.3, 0.4) is 0 Å². The van der Waals surface area contributed by atoms with E-state index in [0.717, 1.165) is 6.16 Å². The molecule has 0 radical (unpaired) electrons. The number of hydrogen-bond donors (Lipinski definition) is 0. The molecule has 2 heteroatoms. The lowest BCUT2D eigenvalue weighted by Crippen LogP contribution is -2.18. The molecule has 0 fully saturated rings. The second-order valence-corrected chi connectivity index (χ2v) is 6.88. The normalized spacial score (nSPS) is 26.9. The van der Waals surface area contributed by atoms with Gasteiger partial charge < -0.3 is 0 Å². The Morgan fingerprint density at radius 2 is 2.07 bits per heavy atom. The summed E-state index contributed by atoms with van der Waals surface area (Å²) >= 11 is 0. The fourth-order valence-electron chi connectivity index (χ4n) is 1.83. The first-order valence-corrected chi connectivity index (χ1v) is 7.91. The number of hydrogen-bond acceptors (Lipinski definition) is 0. The second-order valence-electron chi connectivity index (χ2n) is 4.29. The van der Waals surface area contributed by atoms with Gasteiger partial charge in [-0.2, -0.15) is 0 Å². The molecule has 2 atom stereocenters. The van der Waals surface area contributed by atoms with Crippen molar-refractivity contribution < 1.29 is 4.39 Å². The molecule has 15 heavy (non-hydrogen) atoms. The summed E-state index contributed by atoms with van der Waals surface area (Å²) in [5.74, 6) is 0. The highest BCUT2D eigenvalue weighted by Crippen LogP contribution is 2.52. The van der Waals surface area contributed by atoms with Gasteiger partial charge in [0.05, 0.1) is 0 Å². The molecule has 0 aliphatic heterocycles. The third kappa shape index (κ3) is 4.07. The topological polar surface area (TPSA) is 0 Å². The fraction of sp³-hybridized carbons (Fsp3) is 0.692. The van der Waals surface area contributed by atoms with E-state index in [4.69, 9.17) is 0 Å². The second kappa shape index (κ2) is 6.43. The summed E-state index contributed by atoms with van der Waals surface area (Å²) in [5.41, 5.74) is 0. The van der Waals surface area contributed by atoms with Crippen LogP contribution in [0.5, 0.6) is 0 Å². The van der Waals surface area contributed by atoms with E-state index in [0.29, 0.717) is 6.42 Å². The summed E-state index contributed by atoms with van der Waals surface area (Å²) in [4.78, 5) is 0. The Morgan fingerprint density at radius 1 is 1.27 bits per heavy atom. The van der Waals surface area contributed by atoms with Crippen LogP contribution in [0.4, 0.5) is 4.39 Å². The Kier molecular flexibility index (Phi) is 5.53. The summed E-state index contributed by atoms with van der Waals surface area (Å²) in [6.45, 7) is 4.31.